The molecule has 0 radical (unpaired) electrons. The van der Waals surface area contributed by atoms with Crippen LogP contribution in [0.2, 0.25) is 13.1 Å². The molecule has 0 N–H and O–H groups in total. The van der Waals surface area contributed by atoms with Crippen LogP contribution < -0.4 is 71.5 Å². The van der Waals surface area contributed by atoms with Gasteiger partial charge in [-0.05, 0) is 127 Å². The minimum absolute atomic E-state index is 0.0807. The van der Waals surface area contributed by atoms with Crippen LogP contribution in [0.1, 0.15) is 52.8 Å². The Balaban J connectivity index is 0.000000112. The quantitative estimate of drug-likeness (QED) is 0.121. The number of hydrogen-bond acceptors (Lipinski definition) is 12. The minimum Gasteiger partial charge on any atom is -0.345 e. The molecule has 5 aliphatic heterocycles. The van der Waals surface area contributed by atoms with Crippen molar-refractivity contribution in [2.75, 3.05) is 71.7 Å². The van der Waals surface area contributed by atoms with E-state index in [-0.39, 0.29) is 5.41 Å². The van der Waals surface area contributed by atoms with E-state index < -0.39 is 8.07 Å². The fraction of sp³-hybridized carbons (Fsp3) is 0.208. The van der Waals surface area contributed by atoms with E-state index in [2.05, 4.69) is 398 Å². The van der Waals surface area contributed by atoms with Gasteiger partial charge in [0.25, 0.3) is 0 Å². The van der Waals surface area contributed by atoms with Gasteiger partial charge in [-0.2, -0.15) is 18.3 Å². The smallest absolute Gasteiger partial charge is 0.230 e. The third-order valence-electron chi connectivity index (χ3n) is 24.6. The van der Waals surface area contributed by atoms with Gasteiger partial charge in [0.05, 0.1) is 111 Å². The van der Waals surface area contributed by atoms with E-state index in [0.717, 1.165) is 17.1 Å². The van der Waals surface area contributed by atoms with E-state index in [1.807, 2.05) is 105 Å². The van der Waals surface area contributed by atoms with Crippen LogP contribution >= 0.6 is 11.8 Å². The van der Waals surface area contributed by atoms with E-state index >= 15 is 0 Å². The number of para-hydroxylation sites is 6. The molecule has 16 nitrogen and oxygen atoms in total. The first-order valence-corrected chi connectivity index (χ1v) is 46.2. The van der Waals surface area contributed by atoms with Crippen LogP contribution in [-0.4, -0.2) is 90.2 Å². The van der Waals surface area contributed by atoms with Gasteiger partial charge in [0, 0.05) is 73.9 Å². The fourth-order valence-electron chi connectivity index (χ4n) is 18.0. The van der Waals surface area contributed by atoms with Gasteiger partial charge in [-0.3, -0.25) is 19.9 Å². The first-order valence-electron chi connectivity index (χ1n) is 40.7. The molecule has 120 heavy (non-hydrogen) atoms. The summed E-state index contributed by atoms with van der Waals surface area (Å²) < 4.78 is 13.6. The number of fused-ring (bicyclic) bond motifs is 10. The SMILES string of the molecule is Cc1ccc2c(c1-c1cncc[n+]1C)C(C)(C)c1ccccc1N2C.Cc1ccc2c(c1-c1cncc[n+]1C)N(C)c1ccccc1N2C.Cc1ccc2c(c1-c1cncc[n+]1C)Sc1ccccc1N2C.Cc1ccc2c(c1-c1cncc[n+]1C)[Se]c1ccccc1N2C.Cc1ccc2c(c1-c1cncc[n+]1C)[Si](C)(C)c1ccccc1N2C. The van der Waals surface area contributed by atoms with Crippen LogP contribution in [0.5, 0.6) is 0 Å². The second-order valence-electron chi connectivity index (χ2n) is 32.8. The summed E-state index contributed by atoms with van der Waals surface area (Å²) in [7, 11) is 21.5. The third kappa shape index (κ3) is 14.4. The summed E-state index contributed by atoms with van der Waals surface area (Å²) in [6.45, 7) is 20.5. The van der Waals surface area contributed by atoms with Gasteiger partial charge in [0.1, 0.15) is 36.3 Å². The van der Waals surface area contributed by atoms with Crippen molar-refractivity contribution >= 4 is 122 Å². The van der Waals surface area contributed by atoms with Crippen LogP contribution in [-0.2, 0) is 40.7 Å². The number of anilines is 12. The predicted molar refractivity (Wildman–Crippen MR) is 497 cm³/mol. The predicted octanol–water partition coefficient (Wildman–Crippen LogP) is 16.5. The molecule has 10 aromatic carbocycles. The van der Waals surface area contributed by atoms with Crippen molar-refractivity contribution in [3.8, 4) is 56.3 Å². The van der Waals surface area contributed by atoms with Crippen molar-refractivity contribution in [2.45, 2.75) is 76.8 Å². The molecular formula is C101H105N16SSeSi+5. The molecule has 0 aliphatic carbocycles. The van der Waals surface area contributed by atoms with Crippen molar-refractivity contribution in [1.29, 1.82) is 0 Å². The first kappa shape index (κ1) is 81.2. The fourth-order valence-corrected chi connectivity index (χ4v) is 25.8. The molecule has 0 spiro atoms. The van der Waals surface area contributed by atoms with E-state index in [1.54, 1.807) is 0 Å². The molecule has 10 heterocycles. The topological polar surface area (TPSA) is 103 Å². The third-order valence-corrected chi connectivity index (χ3v) is 31.8. The van der Waals surface area contributed by atoms with Crippen LogP contribution in [0.3, 0.4) is 0 Å². The Morgan fingerprint density at radius 2 is 0.708 bits per heavy atom. The molecular weight excluding hydrogens is 1580 g/mol. The van der Waals surface area contributed by atoms with Crippen LogP contribution in [0.15, 0.2) is 285 Å². The number of aryl methyl sites for hydroxylation is 10. The minimum atomic E-state index is -1.84. The zero-order valence-corrected chi connectivity index (χ0v) is 76.0. The molecule has 5 aliphatic rings. The maximum Gasteiger partial charge on any atom is 0.230 e. The van der Waals surface area contributed by atoms with Gasteiger partial charge in [0.2, 0.25) is 22.8 Å². The number of nitrogens with zero attached hydrogens (tertiary/aromatic N) is 16. The number of aromatic nitrogens is 10. The number of benzene rings is 10. The Bertz CT molecular complexity index is 6190. The van der Waals surface area contributed by atoms with Crippen LogP contribution in [0.4, 0.5) is 68.2 Å². The summed E-state index contributed by atoms with van der Waals surface area (Å²) in [5.41, 5.74) is 36.6. The summed E-state index contributed by atoms with van der Waals surface area (Å²) in [6, 6.07) is 65.7. The van der Waals surface area contributed by atoms with E-state index in [9.17, 15) is 0 Å². The van der Waals surface area contributed by atoms with E-state index in [0.29, 0.717) is 15.0 Å². The van der Waals surface area contributed by atoms with E-state index in [4.69, 9.17) is 0 Å². The summed E-state index contributed by atoms with van der Waals surface area (Å²) in [5, 5.41) is 3.01. The zero-order chi connectivity index (χ0) is 84.3. The monoisotopic (exact) mass is 1680 g/mol. The molecule has 0 bridgehead atoms. The average molecular weight is 1680 g/mol. The molecule has 15 aromatic rings. The molecule has 0 atom stereocenters. The summed E-state index contributed by atoms with van der Waals surface area (Å²) >= 11 is 2.14. The van der Waals surface area contributed by atoms with Gasteiger partial charge in [-0.25, -0.2) is 0 Å². The van der Waals surface area contributed by atoms with Gasteiger partial charge >= 0.3 is 143 Å². The normalized spacial score (nSPS) is 13.6. The largest absolute Gasteiger partial charge is 0.345 e. The van der Waals surface area contributed by atoms with Gasteiger partial charge in [-0.1, -0.05) is 124 Å². The number of hydrogen-bond donors (Lipinski definition) is 0. The van der Waals surface area contributed by atoms with E-state index in [1.165, 1.54) is 175 Å². The Morgan fingerprint density at radius 1 is 0.333 bits per heavy atom. The summed E-state index contributed by atoms with van der Waals surface area (Å²) in [4.78, 5) is 38.2. The Kier molecular flexibility index (Phi) is 22.3. The molecule has 0 saturated carbocycles. The maximum absolute atomic E-state index is 4.40. The van der Waals surface area contributed by atoms with Crippen LogP contribution in [0, 0.1) is 34.6 Å². The van der Waals surface area contributed by atoms with Crippen molar-refractivity contribution in [3.05, 3.63) is 314 Å². The van der Waals surface area contributed by atoms with Crippen molar-refractivity contribution in [1.82, 2.24) is 24.9 Å². The van der Waals surface area contributed by atoms with Crippen LogP contribution in [0.25, 0.3) is 56.3 Å². The van der Waals surface area contributed by atoms with Crippen molar-refractivity contribution in [2.24, 2.45) is 35.2 Å². The number of rotatable bonds is 5. The molecule has 0 unspecified atom stereocenters. The second kappa shape index (κ2) is 33.0. The molecule has 19 heteroatoms. The van der Waals surface area contributed by atoms with Gasteiger partial charge < -0.3 is 24.5 Å². The molecule has 20 rings (SSSR count). The Morgan fingerprint density at radius 3 is 1.28 bits per heavy atom. The second-order valence-corrected chi connectivity index (χ2v) is 40.3. The maximum atomic E-state index is 4.40. The van der Waals surface area contributed by atoms with Crippen molar-refractivity contribution < 1.29 is 22.8 Å². The summed E-state index contributed by atoms with van der Waals surface area (Å²) in [6.07, 6.45) is 29.0. The van der Waals surface area contributed by atoms with Gasteiger partial charge in [-0.15, -0.1) is 0 Å². The van der Waals surface area contributed by atoms with Gasteiger partial charge in [0.15, 0.2) is 24.8 Å². The Labute approximate surface area is 718 Å². The first-order chi connectivity index (χ1) is 57.8. The molecule has 600 valence electrons. The molecule has 0 fully saturated rings. The van der Waals surface area contributed by atoms with Crippen molar-refractivity contribution in [3.63, 3.8) is 0 Å². The molecule has 0 amide bonds. The average Bonchev–Trinajstić information content (AvgIpc) is 0.720. The molecule has 0 saturated heterocycles. The zero-order valence-electron chi connectivity index (χ0n) is 72.5. The Hall–Kier alpha value is -12.5. The summed E-state index contributed by atoms with van der Waals surface area (Å²) in [5.74, 6) is 0. The molecule has 5 aromatic heterocycles. The standard InChI is InChI=1S/C22H24N3.C21H24N3Si.C20H21N4.C19H18N3S.C19H18N3Se/c1-15-10-11-18-21(20(15)19-14-23-12-13-24(19)4)22(2,3)16-8-6-7-9-17(16)25(18)5;1-15-10-11-17-21(20(15)18-14-22-12-13-23(18)2)25(4,5)19-9-7-6-8-16(19)24(17)3;1-14-9-10-17-20(19(14)18-13-21-11-12-22(18)2)24(4)16-8-6-5-7-15(16)23(17)3;2*1-13-8-9-15-19(18(13)16-12-20-10-11-21(16)2)23-17-7-5-4-6-14(17)22(15)3/h2*6-14H,1-5H3;5-13H,1-4H3;2*4-12H,1-3H3/q5*+1.